The number of halogens is 3. The maximum absolute atomic E-state index is 13.1. The Morgan fingerprint density at radius 3 is 1.74 bits per heavy atom. The van der Waals surface area contributed by atoms with Crippen LogP contribution in [0.15, 0.2) is 72.8 Å². The van der Waals surface area contributed by atoms with Gasteiger partial charge < -0.3 is 19.9 Å². The van der Waals surface area contributed by atoms with Gasteiger partial charge in [-0.2, -0.15) is 13.2 Å². The van der Waals surface area contributed by atoms with E-state index in [1.807, 2.05) is 0 Å². The molecule has 0 unspecified atom stereocenters. The summed E-state index contributed by atoms with van der Waals surface area (Å²) in [6.45, 7) is 3.36. The van der Waals surface area contributed by atoms with E-state index in [4.69, 9.17) is 9.47 Å². The molecule has 1 amide bonds. The van der Waals surface area contributed by atoms with Crippen LogP contribution in [0, 0.1) is 13.8 Å². The van der Waals surface area contributed by atoms with Gasteiger partial charge in [0.15, 0.2) is 0 Å². The van der Waals surface area contributed by atoms with Gasteiger partial charge in [0.1, 0.15) is 0 Å². The first-order chi connectivity index (χ1) is 17.8. The summed E-state index contributed by atoms with van der Waals surface area (Å²) in [5.74, 6) is -5.39. The quantitative estimate of drug-likeness (QED) is 0.403. The van der Waals surface area contributed by atoms with Gasteiger partial charge in [0, 0.05) is 5.69 Å². The SMILES string of the molecule is Cc1cccc(C(=O)O[C@H](C(=O)Nc2cccc(C(F)(F)F)c2)[C@@H](OC(=O)c2cccc(C)c2)C(=O)O)c1. The Morgan fingerprint density at radius 2 is 1.26 bits per heavy atom. The third-order valence-corrected chi connectivity index (χ3v) is 5.21. The summed E-state index contributed by atoms with van der Waals surface area (Å²) in [6, 6.07) is 15.5. The summed E-state index contributed by atoms with van der Waals surface area (Å²) in [5.41, 5.74) is -0.171. The number of nitrogens with one attached hydrogen (secondary N) is 1. The van der Waals surface area contributed by atoms with Crippen molar-refractivity contribution < 1.29 is 46.9 Å². The molecule has 3 aromatic carbocycles. The molecule has 3 rings (SSSR count). The number of carboxylic acid groups (broad SMARTS) is 1. The lowest BCUT2D eigenvalue weighted by atomic mass is 10.1. The molecule has 0 aliphatic carbocycles. The highest BCUT2D eigenvalue weighted by molar-refractivity contribution is 6.01. The molecule has 0 radical (unpaired) electrons. The van der Waals surface area contributed by atoms with Gasteiger partial charge in [-0.3, -0.25) is 4.79 Å². The highest BCUT2D eigenvalue weighted by atomic mass is 19.4. The van der Waals surface area contributed by atoms with Crippen molar-refractivity contribution in [2.75, 3.05) is 5.32 Å². The number of amides is 1. The molecule has 0 aliphatic heterocycles. The summed E-state index contributed by atoms with van der Waals surface area (Å²) < 4.78 is 49.5. The summed E-state index contributed by atoms with van der Waals surface area (Å²) in [6.07, 6.45) is -9.31. The number of aryl methyl sites for hydroxylation is 2. The first-order valence-electron chi connectivity index (χ1n) is 11.1. The minimum absolute atomic E-state index is 0.0294. The Bertz CT molecular complexity index is 1370. The van der Waals surface area contributed by atoms with Crippen LogP contribution in [0.4, 0.5) is 18.9 Å². The number of anilines is 1. The normalized spacial score (nSPS) is 12.7. The monoisotopic (exact) mass is 529 g/mol. The van der Waals surface area contributed by atoms with Crippen LogP contribution in [0.1, 0.15) is 37.4 Å². The first-order valence-corrected chi connectivity index (χ1v) is 11.1. The summed E-state index contributed by atoms with van der Waals surface area (Å²) in [5, 5.41) is 11.9. The molecule has 11 heteroatoms. The molecule has 8 nitrogen and oxygen atoms in total. The second-order valence-corrected chi connectivity index (χ2v) is 8.30. The molecular formula is C27H22F3NO7. The van der Waals surface area contributed by atoms with Crippen LogP contribution in [0.25, 0.3) is 0 Å². The molecule has 0 heterocycles. The van der Waals surface area contributed by atoms with E-state index >= 15 is 0 Å². The largest absolute Gasteiger partial charge is 0.478 e. The first kappa shape index (κ1) is 27.9. The zero-order valence-electron chi connectivity index (χ0n) is 20.1. The molecule has 3 aromatic rings. The topological polar surface area (TPSA) is 119 Å². The highest BCUT2D eigenvalue weighted by Crippen LogP contribution is 2.30. The third-order valence-electron chi connectivity index (χ3n) is 5.21. The van der Waals surface area contributed by atoms with Gasteiger partial charge in [-0.15, -0.1) is 0 Å². The van der Waals surface area contributed by atoms with Crippen molar-refractivity contribution in [3.05, 3.63) is 101 Å². The van der Waals surface area contributed by atoms with E-state index in [2.05, 4.69) is 5.32 Å². The zero-order chi connectivity index (χ0) is 28.0. The number of aliphatic carboxylic acids is 1. The molecule has 2 N–H and O–H groups in total. The standard InChI is InChI=1S/C27H22F3NO7/c1-15-6-3-8-17(12-15)25(35)37-21(23(32)31-20-11-5-10-19(14-20)27(28,29)30)22(24(33)34)38-26(36)18-9-4-7-16(2)13-18/h3-14,21-22H,1-2H3,(H,31,32)(H,33,34)/t21-,22+/m0/s1. The summed E-state index contributed by atoms with van der Waals surface area (Å²) in [7, 11) is 0. The third kappa shape index (κ3) is 7.19. The van der Waals surface area contributed by atoms with E-state index < -0.39 is 47.8 Å². The van der Waals surface area contributed by atoms with E-state index in [-0.39, 0.29) is 16.8 Å². The fourth-order valence-corrected chi connectivity index (χ4v) is 3.39. The average molecular weight is 529 g/mol. The van der Waals surface area contributed by atoms with Crippen LogP contribution < -0.4 is 5.32 Å². The van der Waals surface area contributed by atoms with Crippen LogP contribution in [0.2, 0.25) is 0 Å². The molecule has 38 heavy (non-hydrogen) atoms. The number of hydrogen-bond donors (Lipinski definition) is 2. The number of hydrogen-bond acceptors (Lipinski definition) is 6. The van der Waals surface area contributed by atoms with Crippen molar-refractivity contribution in [2.24, 2.45) is 0 Å². The van der Waals surface area contributed by atoms with Gasteiger partial charge in [0.05, 0.1) is 16.7 Å². The second-order valence-electron chi connectivity index (χ2n) is 8.30. The smallest absolute Gasteiger partial charge is 0.416 e. The molecule has 2 atom stereocenters. The Labute approximate surface area is 215 Å². The van der Waals surface area contributed by atoms with Gasteiger partial charge in [-0.05, 0) is 56.3 Å². The van der Waals surface area contributed by atoms with Crippen molar-refractivity contribution in [2.45, 2.75) is 32.2 Å². The van der Waals surface area contributed by atoms with E-state index in [9.17, 15) is 37.5 Å². The fraction of sp³-hybridized carbons (Fsp3) is 0.185. The van der Waals surface area contributed by atoms with Gasteiger partial charge >= 0.3 is 24.1 Å². The van der Waals surface area contributed by atoms with Crippen LogP contribution >= 0.6 is 0 Å². The van der Waals surface area contributed by atoms with Crippen molar-refractivity contribution in [3.8, 4) is 0 Å². The molecule has 0 aromatic heterocycles. The lowest BCUT2D eigenvalue weighted by molar-refractivity contribution is -0.157. The summed E-state index contributed by atoms with van der Waals surface area (Å²) in [4.78, 5) is 50.7. The predicted octanol–water partition coefficient (Wildman–Crippen LogP) is 4.80. The number of carbonyl (C=O) groups is 4. The molecule has 0 spiro atoms. The molecule has 0 fully saturated rings. The van der Waals surface area contributed by atoms with E-state index in [0.717, 1.165) is 18.2 Å². The Hall–Kier alpha value is -4.67. The fourth-order valence-electron chi connectivity index (χ4n) is 3.39. The van der Waals surface area contributed by atoms with Gasteiger partial charge in [-0.1, -0.05) is 41.5 Å². The number of esters is 2. The van der Waals surface area contributed by atoms with Gasteiger partial charge in [-0.25, -0.2) is 14.4 Å². The minimum Gasteiger partial charge on any atom is -0.478 e. The number of alkyl halides is 3. The molecule has 198 valence electrons. The molecule has 0 saturated carbocycles. The lowest BCUT2D eigenvalue weighted by Gasteiger charge is -2.24. The maximum atomic E-state index is 13.1. The highest BCUT2D eigenvalue weighted by Gasteiger charge is 2.41. The maximum Gasteiger partial charge on any atom is 0.416 e. The Morgan fingerprint density at radius 1 is 0.763 bits per heavy atom. The van der Waals surface area contributed by atoms with E-state index in [1.54, 1.807) is 26.0 Å². The van der Waals surface area contributed by atoms with E-state index in [1.165, 1.54) is 36.4 Å². The van der Waals surface area contributed by atoms with Crippen molar-refractivity contribution >= 4 is 29.5 Å². The van der Waals surface area contributed by atoms with E-state index in [0.29, 0.717) is 17.2 Å². The number of benzene rings is 3. The molecule has 0 bridgehead atoms. The second kappa shape index (κ2) is 11.6. The Kier molecular flexibility index (Phi) is 8.51. The number of rotatable bonds is 8. The van der Waals surface area contributed by atoms with Crippen LogP contribution in [-0.2, 0) is 25.2 Å². The zero-order valence-corrected chi connectivity index (χ0v) is 20.1. The number of carboxylic acids is 1. The lowest BCUT2D eigenvalue weighted by Crippen LogP contribution is -2.48. The van der Waals surface area contributed by atoms with Crippen molar-refractivity contribution in [3.63, 3.8) is 0 Å². The van der Waals surface area contributed by atoms with Gasteiger partial charge in [0.2, 0.25) is 12.2 Å². The number of ether oxygens (including phenoxy) is 2. The molecule has 0 aliphatic rings. The van der Waals surface area contributed by atoms with Crippen molar-refractivity contribution in [1.82, 2.24) is 0 Å². The average Bonchev–Trinajstić information content (AvgIpc) is 2.85. The van der Waals surface area contributed by atoms with Crippen LogP contribution in [-0.4, -0.2) is 41.1 Å². The van der Waals surface area contributed by atoms with Gasteiger partial charge in [0.25, 0.3) is 5.91 Å². The molecular weight excluding hydrogens is 507 g/mol. The van der Waals surface area contributed by atoms with Crippen LogP contribution in [0.5, 0.6) is 0 Å². The summed E-state index contributed by atoms with van der Waals surface area (Å²) >= 11 is 0. The molecule has 0 saturated heterocycles. The Balaban J connectivity index is 1.95. The predicted molar refractivity (Wildman–Crippen MR) is 128 cm³/mol. The minimum atomic E-state index is -4.72. The van der Waals surface area contributed by atoms with Crippen molar-refractivity contribution in [1.29, 1.82) is 0 Å². The van der Waals surface area contributed by atoms with Crippen LogP contribution in [0.3, 0.4) is 0 Å². The number of carbonyl (C=O) groups excluding carboxylic acids is 3.